The van der Waals surface area contributed by atoms with Crippen LogP contribution in [0.4, 0.5) is 0 Å². The molecule has 0 radical (unpaired) electrons. The van der Waals surface area contributed by atoms with Crippen molar-refractivity contribution in [2.45, 2.75) is 53.4 Å². The molecular weight excluding hydrogens is 328 g/mol. The van der Waals surface area contributed by atoms with Crippen molar-refractivity contribution in [2.75, 3.05) is 46.2 Å². The highest BCUT2D eigenvalue weighted by molar-refractivity contribution is 5.31. The van der Waals surface area contributed by atoms with Gasteiger partial charge in [-0.3, -0.25) is 0 Å². The predicted molar refractivity (Wildman–Crippen MR) is 107 cm³/mol. The summed E-state index contributed by atoms with van der Waals surface area (Å²) in [6.07, 6.45) is 1.14. The Bertz CT molecular complexity index is 474. The minimum absolute atomic E-state index is 0.155. The van der Waals surface area contributed by atoms with Gasteiger partial charge in [0.25, 0.3) is 0 Å². The summed E-state index contributed by atoms with van der Waals surface area (Å²) in [7, 11) is 0. The fourth-order valence-corrected chi connectivity index (χ4v) is 3.23. The number of hydrogen-bond acceptors (Lipinski definition) is 4. The maximum absolute atomic E-state index is 5.75. The number of ether oxygens (including phenoxy) is 4. The van der Waals surface area contributed by atoms with E-state index in [1.807, 2.05) is 6.92 Å². The van der Waals surface area contributed by atoms with Gasteiger partial charge in [0.2, 0.25) is 0 Å². The molecule has 26 heavy (non-hydrogen) atoms. The molecule has 0 atom stereocenters. The molecule has 0 amide bonds. The highest BCUT2D eigenvalue weighted by Gasteiger charge is 2.27. The van der Waals surface area contributed by atoms with Crippen molar-refractivity contribution >= 4 is 0 Å². The zero-order valence-corrected chi connectivity index (χ0v) is 17.6. The van der Waals surface area contributed by atoms with Crippen molar-refractivity contribution in [3.63, 3.8) is 0 Å². The largest absolute Gasteiger partial charge is 0.491 e. The summed E-state index contributed by atoms with van der Waals surface area (Å²) in [6.45, 7) is 17.7. The topological polar surface area (TPSA) is 36.9 Å². The number of hydrogen-bond donors (Lipinski definition) is 0. The van der Waals surface area contributed by atoms with E-state index < -0.39 is 0 Å². The van der Waals surface area contributed by atoms with E-state index in [1.54, 1.807) is 0 Å². The van der Waals surface area contributed by atoms with Gasteiger partial charge in [-0.1, -0.05) is 46.8 Å². The monoisotopic (exact) mass is 366 g/mol. The van der Waals surface area contributed by atoms with Gasteiger partial charge in [0, 0.05) is 6.61 Å². The number of rotatable bonds is 13. The highest BCUT2D eigenvalue weighted by atomic mass is 16.6. The van der Waals surface area contributed by atoms with Gasteiger partial charge < -0.3 is 18.9 Å². The smallest absolute Gasteiger partial charge is 0.119 e. The summed E-state index contributed by atoms with van der Waals surface area (Å²) in [4.78, 5) is 0. The van der Waals surface area contributed by atoms with Gasteiger partial charge in [0.1, 0.15) is 12.4 Å². The molecule has 0 aliphatic carbocycles. The first-order valence-corrected chi connectivity index (χ1v) is 9.71. The van der Waals surface area contributed by atoms with E-state index in [9.17, 15) is 0 Å². The van der Waals surface area contributed by atoms with Gasteiger partial charge in [0.05, 0.1) is 33.0 Å². The van der Waals surface area contributed by atoms with Crippen molar-refractivity contribution in [1.29, 1.82) is 0 Å². The van der Waals surface area contributed by atoms with E-state index in [0.717, 1.165) is 18.8 Å². The van der Waals surface area contributed by atoms with Gasteiger partial charge in [-0.2, -0.15) is 0 Å². The zero-order valence-electron chi connectivity index (χ0n) is 17.6. The van der Waals surface area contributed by atoms with Gasteiger partial charge in [-0.15, -0.1) is 0 Å². The molecular formula is C22H38O4. The molecule has 1 aromatic carbocycles. The fourth-order valence-electron chi connectivity index (χ4n) is 3.23. The Balaban J connectivity index is 2.21. The van der Waals surface area contributed by atoms with Crippen LogP contribution in [0.15, 0.2) is 24.3 Å². The molecule has 0 aliphatic rings. The van der Waals surface area contributed by atoms with E-state index >= 15 is 0 Å². The van der Waals surface area contributed by atoms with Crippen molar-refractivity contribution in [1.82, 2.24) is 0 Å². The average molecular weight is 367 g/mol. The molecule has 0 aliphatic heterocycles. The zero-order chi connectivity index (χ0) is 19.5. The van der Waals surface area contributed by atoms with E-state index in [-0.39, 0.29) is 5.41 Å². The second kappa shape index (κ2) is 11.6. The summed E-state index contributed by atoms with van der Waals surface area (Å²) in [5.74, 6) is 0.886. The Hall–Kier alpha value is -1.10. The van der Waals surface area contributed by atoms with Crippen molar-refractivity contribution in [3.8, 4) is 5.75 Å². The number of benzene rings is 1. The third-order valence-corrected chi connectivity index (χ3v) is 4.05. The summed E-state index contributed by atoms with van der Waals surface area (Å²) in [5.41, 5.74) is 1.81. The Morgan fingerprint density at radius 2 is 1.19 bits per heavy atom. The van der Waals surface area contributed by atoms with E-state index in [2.05, 4.69) is 58.9 Å². The van der Waals surface area contributed by atoms with E-state index in [1.165, 1.54) is 5.56 Å². The highest BCUT2D eigenvalue weighted by Crippen LogP contribution is 2.36. The summed E-state index contributed by atoms with van der Waals surface area (Å²) >= 11 is 0. The molecule has 0 aromatic heterocycles. The lowest BCUT2D eigenvalue weighted by Crippen LogP contribution is -2.24. The fraction of sp³-hybridized carbons (Fsp3) is 0.727. The van der Waals surface area contributed by atoms with Crippen molar-refractivity contribution < 1.29 is 18.9 Å². The second-order valence-corrected chi connectivity index (χ2v) is 8.42. The van der Waals surface area contributed by atoms with Gasteiger partial charge in [-0.05, 0) is 41.9 Å². The van der Waals surface area contributed by atoms with Crippen LogP contribution in [0, 0.1) is 5.41 Å². The van der Waals surface area contributed by atoms with Gasteiger partial charge in [-0.25, -0.2) is 0 Å². The molecule has 0 heterocycles. The molecule has 4 nitrogen and oxygen atoms in total. The van der Waals surface area contributed by atoms with E-state index in [0.29, 0.717) is 45.1 Å². The molecule has 4 heteroatoms. The lowest BCUT2D eigenvalue weighted by Gasteiger charge is -2.33. The first kappa shape index (κ1) is 22.9. The Labute approximate surface area is 160 Å². The van der Waals surface area contributed by atoms with Crippen LogP contribution in [0.3, 0.4) is 0 Å². The molecule has 0 saturated heterocycles. The van der Waals surface area contributed by atoms with Gasteiger partial charge in [0.15, 0.2) is 0 Å². The van der Waals surface area contributed by atoms with Gasteiger partial charge >= 0.3 is 0 Å². The first-order chi connectivity index (χ1) is 12.2. The van der Waals surface area contributed by atoms with Crippen LogP contribution in [0.1, 0.15) is 53.5 Å². The lowest BCUT2D eigenvalue weighted by molar-refractivity contribution is 0.0114. The van der Waals surface area contributed by atoms with Crippen molar-refractivity contribution in [2.24, 2.45) is 5.41 Å². The van der Waals surface area contributed by atoms with E-state index in [4.69, 9.17) is 18.9 Å². The molecule has 1 aromatic rings. The van der Waals surface area contributed by atoms with Crippen LogP contribution >= 0.6 is 0 Å². The molecule has 1 rings (SSSR count). The van der Waals surface area contributed by atoms with Crippen LogP contribution < -0.4 is 4.74 Å². The first-order valence-electron chi connectivity index (χ1n) is 9.71. The maximum atomic E-state index is 5.75. The van der Waals surface area contributed by atoms with Crippen LogP contribution in [-0.4, -0.2) is 46.2 Å². The van der Waals surface area contributed by atoms with Crippen LogP contribution in [-0.2, 0) is 19.6 Å². The molecule has 0 unspecified atom stereocenters. The van der Waals surface area contributed by atoms with Crippen LogP contribution in [0.5, 0.6) is 5.75 Å². The Kier molecular flexibility index (Phi) is 10.2. The van der Waals surface area contributed by atoms with Crippen LogP contribution in [0.25, 0.3) is 0 Å². The molecule has 150 valence electrons. The average Bonchev–Trinajstić information content (AvgIpc) is 2.55. The Morgan fingerprint density at radius 3 is 1.69 bits per heavy atom. The molecule has 0 spiro atoms. The second-order valence-electron chi connectivity index (χ2n) is 8.42. The normalized spacial score (nSPS) is 12.4. The molecule has 0 saturated carbocycles. The maximum Gasteiger partial charge on any atom is 0.119 e. The SMILES string of the molecule is CCOCCOCCOCCOc1ccc(C(C)(C)CC(C)(C)C)cc1. The summed E-state index contributed by atoms with van der Waals surface area (Å²) in [6, 6.07) is 8.45. The lowest BCUT2D eigenvalue weighted by atomic mass is 9.72. The van der Waals surface area contributed by atoms with Crippen molar-refractivity contribution in [3.05, 3.63) is 29.8 Å². The van der Waals surface area contributed by atoms with Crippen LogP contribution in [0.2, 0.25) is 0 Å². The molecule has 0 bridgehead atoms. The predicted octanol–water partition coefficient (Wildman–Crippen LogP) is 4.85. The summed E-state index contributed by atoms with van der Waals surface area (Å²) < 4.78 is 21.8. The minimum atomic E-state index is 0.155. The standard InChI is InChI=1S/C22H38O4/c1-7-23-12-13-24-14-15-25-16-17-26-20-10-8-19(9-11-20)22(5,6)18-21(2,3)4/h8-11H,7,12-18H2,1-6H3. The third-order valence-electron chi connectivity index (χ3n) is 4.05. The summed E-state index contributed by atoms with van der Waals surface area (Å²) in [5, 5.41) is 0. The quantitative estimate of drug-likeness (QED) is 0.468. The molecule has 0 fully saturated rings. The Morgan fingerprint density at radius 1 is 0.692 bits per heavy atom. The minimum Gasteiger partial charge on any atom is -0.491 e. The third kappa shape index (κ3) is 10.1. The molecule has 0 N–H and O–H groups in total.